The zero-order valence-corrected chi connectivity index (χ0v) is 15.8. The highest BCUT2D eigenvalue weighted by atomic mass is 35.5. The van der Waals surface area contributed by atoms with Crippen LogP contribution >= 0.6 is 34.7 Å². The molecule has 3 heterocycles. The van der Waals surface area contributed by atoms with E-state index in [1.165, 1.54) is 16.6 Å². The second-order valence-corrected chi connectivity index (χ2v) is 8.86. The van der Waals surface area contributed by atoms with Crippen LogP contribution < -0.4 is 5.32 Å². The van der Waals surface area contributed by atoms with Crippen LogP contribution in [0.2, 0.25) is 5.02 Å². The largest absolute Gasteiger partial charge is 0.335 e. The number of nitrogens with zero attached hydrogens (tertiary/aromatic N) is 1. The monoisotopic (exact) mass is 392 g/mol. The lowest BCUT2D eigenvalue weighted by molar-refractivity contribution is -0.133. The molecule has 2 unspecified atom stereocenters. The highest BCUT2D eigenvalue weighted by Crippen LogP contribution is 2.40. The van der Waals surface area contributed by atoms with Crippen molar-refractivity contribution in [1.29, 1.82) is 0 Å². The summed E-state index contributed by atoms with van der Waals surface area (Å²) >= 11 is 9.11. The first-order valence-corrected chi connectivity index (χ1v) is 10.4. The van der Waals surface area contributed by atoms with Gasteiger partial charge in [0.05, 0.1) is 17.0 Å². The van der Waals surface area contributed by atoms with Crippen molar-refractivity contribution in [2.45, 2.75) is 35.4 Å². The van der Waals surface area contributed by atoms with E-state index < -0.39 is 5.25 Å². The summed E-state index contributed by atoms with van der Waals surface area (Å²) in [7, 11) is 0. The van der Waals surface area contributed by atoms with Crippen molar-refractivity contribution in [1.82, 2.24) is 4.90 Å². The number of likely N-dealkylation sites (tertiary alicyclic amines) is 1. The number of carbonyl (C=O) groups excluding carboxylic acids is 2. The Morgan fingerprint density at radius 3 is 3.04 bits per heavy atom. The molecule has 1 N–H and O–H groups in total. The first-order chi connectivity index (χ1) is 12.1. The molecule has 2 aliphatic rings. The number of rotatable bonds is 3. The molecule has 7 heteroatoms. The van der Waals surface area contributed by atoms with Gasteiger partial charge in [-0.2, -0.15) is 0 Å². The third kappa shape index (κ3) is 3.43. The van der Waals surface area contributed by atoms with E-state index in [1.807, 2.05) is 22.4 Å². The molecule has 0 radical (unpaired) electrons. The van der Waals surface area contributed by atoms with Gasteiger partial charge in [-0.3, -0.25) is 9.59 Å². The van der Waals surface area contributed by atoms with Gasteiger partial charge >= 0.3 is 0 Å². The average molecular weight is 393 g/mol. The van der Waals surface area contributed by atoms with E-state index in [0.717, 1.165) is 30.0 Å². The fourth-order valence-corrected chi connectivity index (χ4v) is 5.50. The second-order valence-electron chi connectivity index (χ2n) is 6.20. The van der Waals surface area contributed by atoms with Crippen LogP contribution in [0, 0.1) is 0 Å². The van der Waals surface area contributed by atoms with Crippen LogP contribution in [-0.2, 0) is 9.59 Å². The molecule has 1 saturated heterocycles. The molecule has 2 atom stereocenters. The summed E-state index contributed by atoms with van der Waals surface area (Å²) in [6.07, 6.45) is 2.23. The number of fused-ring (bicyclic) bond motifs is 1. The molecule has 1 aromatic heterocycles. The Kier molecular flexibility index (Phi) is 4.75. The smallest absolute Gasteiger partial charge is 0.238 e. The number of thioether (sulfide) groups is 1. The third-order valence-corrected chi connectivity index (χ3v) is 7.05. The van der Waals surface area contributed by atoms with Crippen molar-refractivity contribution in [3.63, 3.8) is 0 Å². The van der Waals surface area contributed by atoms with Gasteiger partial charge in [0.25, 0.3) is 0 Å². The van der Waals surface area contributed by atoms with Crippen molar-refractivity contribution in [3.05, 3.63) is 45.6 Å². The number of carbonyl (C=O) groups is 2. The maximum absolute atomic E-state index is 12.8. The molecule has 0 saturated carbocycles. The molecule has 2 aromatic rings. The first kappa shape index (κ1) is 16.9. The summed E-state index contributed by atoms with van der Waals surface area (Å²) in [4.78, 5) is 29.4. The summed E-state index contributed by atoms with van der Waals surface area (Å²) in [6.45, 7) is 0.770. The maximum atomic E-state index is 12.8. The molecular formula is C18H17ClN2O2S2. The Bertz CT molecular complexity index is 809. The van der Waals surface area contributed by atoms with Crippen molar-refractivity contribution in [2.75, 3.05) is 11.9 Å². The van der Waals surface area contributed by atoms with E-state index in [9.17, 15) is 9.59 Å². The van der Waals surface area contributed by atoms with E-state index in [0.29, 0.717) is 5.02 Å². The van der Waals surface area contributed by atoms with Crippen LogP contribution in [0.4, 0.5) is 5.69 Å². The number of hydrogen-bond acceptors (Lipinski definition) is 4. The molecule has 0 aliphatic carbocycles. The molecule has 1 aromatic carbocycles. The lowest BCUT2D eigenvalue weighted by Crippen LogP contribution is -2.37. The third-order valence-electron chi connectivity index (χ3n) is 4.57. The number of nitrogens with one attached hydrogen (secondary N) is 1. The predicted molar refractivity (Wildman–Crippen MR) is 102 cm³/mol. The summed E-state index contributed by atoms with van der Waals surface area (Å²) in [5, 5.41) is 5.11. The van der Waals surface area contributed by atoms with Gasteiger partial charge in [-0.05, 0) is 42.5 Å². The Hall–Kier alpha value is -1.50. The molecule has 4 rings (SSSR count). The predicted octanol–water partition coefficient (Wildman–Crippen LogP) is 4.57. The quantitative estimate of drug-likeness (QED) is 0.832. The maximum Gasteiger partial charge on any atom is 0.238 e. The van der Waals surface area contributed by atoms with E-state index >= 15 is 0 Å². The SMILES string of the molecule is O=C1Nc2cc(Cl)ccc2SC1CC(=O)N1CCCC1c1cccs1. The molecule has 0 bridgehead atoms. The van der Waals surface area contributed by atoms with Gasteiger partial charge in [-0.25, -0.2) is 0 Å². The van der Waals surface area contributed by atoms with E-state index in [4.69, 9.17) is 11.6 Å². The molecule has 25 heavy (non-hydrogen) atoms. The number of halogens is 1. The fraction of sp³-hybridized carbons (Fsp3) is 0.333. The normalized spacial score (nSPS) is 22.6. The summed E-state index contributed by atoms with van der Waals surface area (Å²) < 4.78 is 0. The lowest BCUT2D eigenvalue weighted by Gasteiger charge is -2.28. The number of hydrogen-bond donors (Lipinski definition) is 1. The van der Waals surface area contributed by atoms with Gasteiger partial charge in [-0.15, -0.1) is 23.1 Å². The van der Waals surface area contributed by atoms with E-state index in [1.54, 1.807) is 23.5 Å². The van der Waals surface area contributed by atoms with Crippen LogP contribution in [0.25, 0.3) is 0 Å². The number of thiophene rings is 1. The highest BCUT2D eigenvalue weighted by molar-refractivity contribution is 8.01. The summed E-state index contributed by atoms with van der Waals surface area (Å²) in [5.41, 5.74) is 0.726. The van der Waals surface area contributed by atoms with Crippen molar-refractivity contribution < 1.29 is 9.59 Å². The van der Waals surface area contributed by atoms with Gasteiger partial charge < -0.3 is 10.2 Å². The minimum Gasteiger partial charge on any atom is -0.335 e. The van der Waals surface area contributed by atoms with Gasteiger partial charge in [0.1, 0.15) is 0 Å². The standard InChI is InChI=1S/C18H17ClN2O2S2/c19-11-5-6-14-12(9-11)20-18(23)16(25-14)10-17(22)21-7-1-3-13(21)15-4-2-8-24-15/h2,4-6,8-9,13,16H,1,3,7,10H2,(H,20,23). The molecule has 0 spiro atoms. The zero-order valence-electron chi connectivity index (χ0n) is 13.4. The van der Waals surface area contributed by atoms with Crippen LogP contribution in [0.5, 0.6) is 0 Å². The minimum atomic E-state index is -0.397. The van der Waals surface area contributed by atoms with E-state index in [2.05, 4.69) is 11.4 Å². The fourth-order valence-electron chi connectivity index (χ4n) is 3.37. The van der Waals surface area contributed by atoms with Gasteiger partial charge in [-0.1, -0.05) is 17.7 Å². The van der Waals surface area contributed by atoms with Gasteiger partial charge in [0.15, 0.2) is 0 Å². The zero-order chi connectivity index (χ0) is 17.4. The van der Waals surface area contributed by atoms with Crippen LogP contribution in [0.15, 0.2) is 40.6 Å². The van der Waals surface area contributed by atoms with Crippen molar-refractivity contribution >= 4 is 52.2 Å². The average Bonchev–Trinajstić information content (AvgIpc) is 3.26. The molecule has 2 amide bonds. The Balaban J connectivity index is 1.47. The Morgan fingerprint density at radius 2 is 2.24 bits per heavy atom. The number of amides is 2. The summed E-state index contributed by atoms with van der Waals surface area (Å²) in [6, 6.07) is 9.71. The molecular weight excluding hydrogens is 376 g/mol. The van der Waals surface area contributed by atoms with Crippen LogP contribution in [0.3, 0.4) is 0 Å². The van der Waals surface area contributed by atoms with E-state index in [-0.39, 0.29) is 24.3 Å². The van der Waals surface area contributed by atoms with Gasteiger partial charge in [0.2, 0.25) is 11.8 Å². The topological polar surface area (TPSA) is 49.4 Å². The summed E-state index contributed by atoms with van der Waals surface area (Å²) in [5.74, 6) is -0.0686. The minimum absolute atomic E-state index is 0.0564. The highest BCUT2D eigenvalue weighted by Gasteiger charge is 2.35. The number of benzene rings is 1. The second kappa shape index (κ2) is 7.02. The number of anilines is 1. The molecule has 2 aliphatic heterocycles. The van der Waals surface area contributed by atoms with Crippen LogP contribution in [0.1, 0.15) is 30.2 Å². The first-order valence-electron chi connectivity index (χ1n) is 8.22. The molecule has 1 fully saturated rings. The molecule has 4 nitrogen and oxygen atoms in total. The van der Waals surface area contributed by atoms with Crippen molar-refractivity contribution in [2.24, 2.45) is 0 Å². The van der Waals surface area contributed by atoms with Crippen LogP contribution in [-0.4, -0.2) is 28.5 Å². The Labute approximate surface area is 159 Å². The Morgan fingerprint density at radius 1 is 1.36 bits per heavy atom. The lowest BCUT2D eigenvalue weighted by atomic mass is 10.1. The molecule has 130 valence electrons. The van der Waals surface area contributed by atoms with Gasteiger partial charge in [0, 0.05) is 27.8 Å². The van der Waals surface area contributed by atoms with Crippen molar-refractivity contribution in [3.8, 4) is 0 Å².